The molecule has 0 fully saturated rings. The molecule has 2 heterocycles. The number of carbonyl (C=O) groups excluding carboxylic acids is 2. The average molecular weight is 460 g/mol. The molecule has 0 radical (unpaired) electrons. The van der Waals surface area contributed by atoms with Crippen LogP contribution in [0.3, 0.4) is 0 Å². The highest BCUT2D eigenvalue weighted by atomic mass is 19.4. The summed E-state index contributed by atoms with van der Waals surface area (Å²) in [6.45, 7) is 5.08. The topological polar surface area (TPSA) is 86.1 Å². The standard InChI is InChI=1S/C23H23F3N4O3/c1-14(2)33-21(31)11-19(16-7-5-4-6-8-16)29-22(32)18-13-28-30(15(18)3)20-10-9-17(12-27-20)23(24,25)26/h4-10,12-14,19H,11H2,1-3H3,(H,29,32). The molecule has 0 saturated heterocycles. The van der Waals surface area contributed by atoms with Crippen LogP contribution in [-0.2, 0) is 15.7 Å². The molecule has 1 aromatic carbocycles. The summed E-state index contributed by atoms with van der Waals surface area (Å²) in [5.74, 6) is -0.808. The van der Waals surface area contributed by atoms with Gasteiger partial charge in [0.1, 0.15) is 0 Å². The Hall–Kier alpha value is -3.69. The molecule has 0 aliphatic carbocycles. The second-order valence-electron chi connectivity index (χ2n) is 7.64. The number of esters is 1. The molecule has 1 N–H and O–H groups in total. The van der Waals surface area contributed by atoms with E-state index in [9.17, 15) is 22.8 Å². The number of hydrogen-bond acceptors (Lipinski definition) is 5. The van der Waals surface area contributed by atoms with Crippen LogP contribution < -0.4 is 5.32 Å². The van der Waals surface area contributed by atoms with E-state index in [0.29, 0.717) is 11.9 Å². The second-order valence-corrected chi connectivity index (χ2v) is 7.64. The quantitative estimate of drug-likeness (QED) is 0.528. The van der Waals surface area contributed by atoms with Crippen molar-refractivity contribution in [1.82, 2.24) is 20.1 Å². The van der Waals surface area contributed by atoms with Gasteiger partial charge >= 0.3 is 12.1 Å². The smallest absolute Gasteiger partial charge is 0.417 e. The van der Waals surface area contributed by atoms with Gasteiger partial charge in [-0.25, -0.2) is 9.67 Å². The summed E-state index contributed by atoms with van der Waals surface area (Å²) < 4.78 is 44.8. The average Bonchev–Trinajstić information content (AvgIpc) is 3.14. The lowest BCUT2D eigenvalue weighted by Crippen LogP contribution is -2.31. The summed E-state index contributed by atoms with van der Waals surface area (Å²) in [7, 11) is 0. The minimum absolute atomic E-state index is 0.0679. The first-order chi connectivity index (χ1) is 15.6. The highest BCUT2D eigenvalue weighted by Gasteiger charge is 2.31. The zero-order valence-corrected chi connectivity index (χ0v) is 18.3. The molecule has 3 aromatic rings. The fraction of sp³-hybridized carbons (Fsp3) is 0.304. The first-order valence-corrected chi connectivity index (χ1v) is 10.2. The van der Waals surface area contributed by atoms with Crippen molar-refractivity contribution in [3.63, 3.8) is 0 Å². The highest BCUT2D eigenvalue weighted by molar-refractivity contribution is 5.95. The summed E-state index contributed by atoms with van der Waals surface area (Å²) >= 11 is 0. The normalized spacial score (nSPS) is 12.5. The molecule has 10 heteroatoms. The van der Waals surface area contributed by atoms with Crippen molar-refractivity contribution in [2.75, 3.05) is 0 Å². The molecule has 0 aliphatic heterocycles. The van der Waals surface area contributed by atoms with Crippen molar-refractivity contribution in [2.24, 2.45) is 0 Å². The van der Waals surface area contributed by atoms with E-state index in [1.807, 2.05) is 6.07 Å². The van der Waals surface area contributed by atoms with Gasteiger partial charge in [0.05, 0.1) is 41.6 Å². The number of nitrogens with zero attached hydrogens (tertiary/aromatic N) is 3. The molecule has 174 valence electrons. The van der Waals surface area contributed by atoms with Gasteiger partial charge in [-0.1, -0.05) is 30.3 Å². The molecule has 3 rings (SSSR count). The lowest BCUT2D eigenvalue weighted by Gasteiger charge is -2.19. The molecular weight excluding hydrogens is 437 g/mol. The third-order valence-electron chi connectivity index (χ3n) is 4.79. The van der Waals surface area contributed by atoms with Crippen LogP contribution >= 0.6 is 0 Å². The van der Waals surface area contributed by atoms with Crippen LogP contribution in [-0.4, -0.2) is 32.7 Å². The van der Waals surface area contributed by atoms with E-state index in [1.165, 1.54) is 16.9 Å². The van der Waals surface area contributed by atoms with Crippen molar-refractivity contribution in [1.29, 1.82) is 0 Å². The van der Waals surface area contributed by atoms with E-state index in [-0.39, 0.29) is 23.9 Å². The van der Waals surface area contributed by atoms with Crippen LogP contribution in [0.5, 0.6) is 0 Å². The lowest BCUT2D eigenvalue weighted by atomic mass is 10.0. The van der Waals surface area contributed by atoms with Crippen LogP contribution in [0.25, 0.3) is 5.82 Å². The third kappa shape index (κ3) is 5.97. The summed E-state index contributed by atoms with van der Waals surface area (Å²) in [4.78, 5) is 29.0. The molecule has 0 aliphatic rings. The molecule has 0 saturated carbocycles. The monoisotopic (exact) mass is 460 g/mol. The van der Waals surface area contributed by atoms with E-state index < -0.39 is 29.7 Å². The molecule has 2 aromatic heterocycles. The summed E-state index contributed by atoms with van der Waals surface area (Å²) in [5, 5.41) is 6.93. The van der Waals surface area contributed by atoms with E-state index in [0.717, 1.165) is 11.6 Å². The van der Waals surface area contributed by atoms with Crippen molar-refractivity contribution >= 4 is 11.9 Å². The molecule has 1 unspecified atom stereocenters. The Kier molecular flexibility index (Phi) is 7.15. The van der Waals surface area contributed by atoms with Gasteiger partial charge in [-0.05, 0) is 38.5 Å². The van der Waals surface area contributed by atoms with Gasteiger partial charge < -0.3 is 10.1 Å². The summed E-state index contributed by atoms with van der Waals surface area (Å²) in [6, 6.07) is 10.4. The van der Waals surface area contributed by atoms with Gasteiger partial charge in [-0.15, -0.1) is 0 Å². The Morgan fingerprint density at radius 1 is 1.09 bits per heavy atom. The molecule has 0 bridgehead atoms. The van der Waals surface area contributed by atoms with Gasteiger partial charge in [-0.2, -0.15) is 18.3 Å². The maximum absolute atomic E-state index is 13.0. The molecule has 1 atom stereocenters. The van der Waals surface area contributed by atoms with Gasteiger partial charge in [0, 0.05) is 6.20 Å². The first kappa shape index (κ1) is 24.0. The van der Waals surface area contributed by atoms with Crippen molar-refractivity contribution < 1.29 is 27.5 Å². The Bertz CT molecular complexity index is 1110. The SMILES string of the molecule is Cc1c(C(=O)NC(CC(=O)OC(C)C)c2ccccc2)cnn1-c1ccc(C(F)(F)F)cn1. The predicted molar refractivity (Wildman–Crippen MR) is 114 cm³/mol. The number of aromatic nitrogens is 3. The lowest BCUT2D eigenvalue weighted by molar-refractivity contribution is -0.148. The van der Waals surface area contributed by atoms with Crippen molar-refractivity contribution in [2.45, 2.75) is 45.5 Å². The molecule has 1 amide bonds. The highest BCUT2D eigenvalue weighted by Crippen LogP contribution is 2.29. The molecular formula is C23H23F3N4O3. The third-order valence-corrected chi connectivity index (χ3v) is 4.79. The number of carbonyl (C=O) groups is 2. The first-order valence-electron chi connectivity index (χ1n) is 10.2. The zero-order chi connectivity index (χ0) is 24.2. The van der Waals surface area contributed by atoms with Crippen LogP contribution in [0.15, 0.2) is 54.9 Å². The number of amides is 1. The Balaban J connectivity index is 1.82. The molecule has 7 nitrogen and oxygen atoms in total. The number of benzene rings is 1. The van der Waals surface area contributed by atoms with Gasteiger partial charge in [-0.3, -0.25) is 9.59 Å². The number of alkyl halides is 3. The second kappa shape index (κ2) is 9.85. The van der Waals surface area contributed by atoms with Crippen LogP contribution in [0.4, 0.5) is 13.2 Å². The number of halogens is 3. The fourth-order valence-electron chi connectivity index (χ4n) is 3.19. The Morgan fingerprint density at radius 2 is 1.79 bits per heavy atom. The van der Waals surface area contributed by atoms with Crippen LogP contribution in [0.1, 0.15) is 53.5 Å². The minimum Gasteiger partial charge on any atom is -0.463 e. The van der Waals surface area contributed by atoms with E-state index in [2.05, 4.69) is 15.4 Å². The van der Waals surface area contributed by atoms with E-state index in [4.69, 9.17) is 4.74 Å². The maximum Gasteiger partial charge on any atom is 0.417 e. The molecule has 33 heavy (non-hydrogen) atoms. The van der Waals surface area contributed by atoms with Gasteiger partial charge in [0.25, 0.3) is 5.91 Å². The van der Waals surface area contributed by atoms with Crippen molar-refractivity contribution in [3.05, 3.63) is 77.2 Å². The Morgan fingerprint density at radius 3 is 2.36 bits per heavy atom. The predicted octanol–water partition coefficient (Wildman–Crippen LogP) is 4.41. The number of hydrogen-bond donors (Lipinski definition) is 1. The minimum atomic E-state index is -4.50. The van der Waals surface area contributed by atoms with Crippen LogP contribution in [0.2, 0.25) is 0 Å². The fourth-order valence-corrected chi connectivity index (χ4v) is 3.19. The van der Waals surface area contributed by atoms with Gasteiger partial charge in [0.15, 0.2) is 5.82 Å². The van der Waals surface area contributed by atoms with Gasteiger partial charge in [0.2, 0.25) is 0 Å². The van der Waals surface area contributed by atoms with E-state index >= 15 is 0 Å². The number of nitrogens with one attached hydrogen (secondary N) is 1. The van der Waals surface area contributed by atoms with E-state index in [1.54, 1.807) is 45.0 Å². The summed E-state index contributed by atoms with van der Waals surface area (Å²) in [5.41, 5.74) is 0.431. The van der Waals surface area contributed by atoms with Crippen molar-refractivity contribution in [3.8, 4) is 5.82 Å². The molecule has 0 spiro atoms. The number of pyridine rings is 1. The number of ether oxygens (including phenoxy) is 1. The largest absolute Gasteiger partial charge is 0.463 e. The summed E-state index contributed by atoms with van der Waals surface area (Å²) in [6.07, 6.45) is -2.85. The zero-order valence-electron chi connectivity index (χ0n) is 18.3. The maximum atomic E-state index is 13.0. The number of rotatable bonds is 7. The van der Waals surface area contributed by atoms with Crippen LogP contribution in [0, 0.1) is 6.92 Å². The Labute approximate surface area is 188 Å².